The highest BCUT2D eigenvalue weighted by molar-refractivity contribution is 5.73. The van der Waals surface area contributed by atoms with Crippen LogP contribution >= 0.6 is 0 Å². The van der Waals surface area contributed by atoms with Gasteiger partial charge in [-0.25, -0.2) is 0 Å². The van der Waals surface area contributed by atoms with Gasteiger partial charge < -0.3 is 4.90 Å². The normalized spacial score (nSPS) is 32.6. The fourth-order valence-corrected chi connectivity index (χ4v) is 2.82. The zero-order chi connectivity index (χ0) is 10.1. The molecule has 1 aliphatic carbocycles. The molecule has 2 heteroatoms. The minimum absolute atomic E-state index is 0.243. The molecule has 1 saturated carbocycles. The summed E-state index contributed by atoms with van der Waals surface area (Å²) in [5.74, 6) is 1.80. The van der Waals surface area contributed by atoms with Gasteiger partial charge in [0.25, 0.3) is 0 Å². The summed E-state index contributed by atoms with van der Waals surface area (Å²) in [6, 6.07) is 0. The van der Waals surface area contributed by atoms with E-state index < -0.39 is 0 Å². The number of fused-ring (bicyclic) bond motifs is 1. The Balaban J connectivity index is 1.98. The summed E-state index contributed by atoms with van der Waals surface area (Å²) in [6.45, 7) is 7.72. The van der Waals surface area contributed by atoms with Gasteiger partial charge in [0.05, 0.1) is 0 Å². The first-order valence-electron chi connectivity index (χ1n) is 5.59. The first-order chi connectivity index (χ1) is 6.66. The van der Waals surface area contributed by atoms with Gasteiger partial charge in [0.2, 0.25) is 5.91 Å². The second-order valence-electron chi connectivity index (χ2n) is 4.77. The van der Waals surface area contributed by atoms with Crippen LogP contribution in [0, 0.1) is 11.8 Å². The van der Waals surface area contributed by atoms with Crippen molar-refractivity contribution in [3.05, 3.63) is 12.2 Å². The Morgan fingerprint density at radius 1 is 1.43 bits per heavy atom. The van der Waals surface area contributed by atoms with Crippen molar-refractivity contribution in [2.75, 3.05) is 13.1 Å². The molecule has 0 aromatic heterocycles. The average Bonchev–Trinajstić information content (AvgIpc) is 2.16. The Bertz CT molecular complexity index is 259. The molecule has 2 nitrogen and oxygen atoms in total. The van der Waals surface area contributed by atoms with Crippen molar-refractivity contribution in [2.45, 2.75) is 32.6 Å². The van der Waals surface area contributed by atoms with Gasteiger partial charge in [-0.3, -0.25) is 4.79 Å². The van der Waals surface area contributed by atoms with Crippen molar-refractivity contribution in [3.8, 4) is 0 Å². The van der Waals surface area contributed by atoms with Crippen LogP contribution < -0.4 is 0 Å². The van der Waals surface area contributed by atoms with Crippen molar-refractivity contribution < 1.29 is 4.79 Å². The largest absolute Gasteiger partial charge is 0.343 e. The van der Waals surface area contributed by atoms with Crippen LogP contribution in [0.15, 0.2) is 12.2 Å². The van der Waals surface area contributed by atoms with Crippen LogP contribution in [0.1, 0.15) is 32.6 Å². The molecular weight excluding hydrogens is 174 g/mol. The maximum Gasteiger partial charge on any atom is 0.219 e. The van der Waals surface area contributed by atoms with E-state index in [4.69, 9.17) is 0 Å². The van der Waals surface area contributed by atoms with E-state index in [1.54, 1.807) is 6.92 Å². The van der Waals surface area contributed by atoms with Gasteiger partial charge in [0, 0.05) is 20.0 Å². The molecule has 2 atom stereocenters. The maximum atomic E-state index is 11.2. The van der Waals surface area contributed by atoms with E-state index in [1.807, 2.05) is 4.90 Å². The molecular formula is C12H19NO. The maximum absolute atomic E-state index is 11.2. The van der Waals surface area contributed by atoms with Gasteiger partial charge in [-0.05, 0) is 37.5 Å². The fraction of sp³-hybridized carbons (Fsp3) is 0.750. The molecule has 14 heavy (non-hydrogen) atoms. The zero-order valence-corrected chi connectivity index (χ0v) is 8.96. The lowest BCUT2D eigenvalue weighted by Crippen LogP contribution is -2.44. The van der Waals surface area contributed by atoms with Gasteiger partial charge in [-0.2, -0.15) is 0 Å². The molecule has 0 radical (unpaired) electrons. The lowest BCUT2D eigenvalue weighted by atomic mass is 9.73. The van der Waals surface area contributed by atoms with Crippen LogP contribution in [0.3, 0.4) is 0 Å². The van der Waals surface area contributed by atoms with E-state index in [0.717, 1.165) is 24.9 Å². The first kappa shape index (κ1) is 9.75. The molecule has 0 spiro atoms. The van der Waals surface area contributed by atoms with Crippen molar-refractivity contribution in [3.63, 3.8) is 0 Å². The highest BCUT2D eigenvalue weighted by Crippen LogP contribution is 2.37. The Kier molecular flexibility index (Phi) is 2.62. The quantitative estimate of drug-likeness (QED) is 0.540. The lowest BCUT2D eigenvalue weighted by Gasteiger charge is -2.41. The summed E-state index contributed by atoms with van der Waals surface area (Å²) in [5.41, 5.74) is 1.42. The number of piperidine rings is 1. The first-order valence-corrected chi connectivity index (χ1v) is 5.59. The summed E-state index contributed by atoms with van der Waals surface area (Å²) in [5, 5.41) is 0. The van der Waals surface area contributed by atoms with Gasteiger partial charge in [0.15, 0.2) is 0 Å². The van der Waals surface area contributed by atoms with Crippen molar-refractivity contribution in [2.24, 2.45) is 11.8 Å². The molecule has 0 N–H and O–H groups in total. The molecule has 2 aliphatic rings. The van der Waals surface area contributed by atoms with Crippen LogP contribution in [0.5, 0.6) is 0 Å². The van der Waals surface area contributed by atoms with E-state index in [2.05, 4.69) is 6.58 Å². The number of amides is 1. The predicted octanol–water partition coefficient (Wildman–Crippen LogP) is 2.21. The number of hydrogen-bond acceptors (Lipinski definition) is 1. The van der Waals surface area contributed by atoms with E-state index in [0.29, 0.717) is 0 Å². The second-order valence-corrected chi connectivity index (χ2v) is 4.77. The average molecular weight is 193 g/mol. The van der Waals surface area contributed by atoms with E-state index >= 15 is 0 Å². The summed E-state index contributed by atoms with van der Waals surface area (Å²) in [6.07, 6.45) is 4.81. The Labute approximate surface area is 86.0 Å². The third-order valence-electron chi connectivity index (χ3n) is 3.76. The second kappa shape index (κ2) is 3.76. The number of carbonyl (C=O) groups excluding carboxylic acids is 1. The summed E-state index contributed by atoms with van der Waals surface area (Å²) in [4.78, 5) is 13.3. The van der Waals surface area contributed by atoms with E-state index in [-0.39, 0.29) is 5.91 Å². The van der Waals surface area contributed by atoms with Crippen LogP contribution in [0.25, 0.3) is 0 Å². The number of rotatable bonds is 0. The summed E-state index contributed by atoms with van der Waals surface area (Å²) in [7, 11) is 0. The number of likely N-dealkylation sites (tertiary alicyclic amines) is 1. The van der Waals surface area contributed by atoms with Gasteiger partial charge in [0.1, 0.15) is 0 Å². The monoisotopic (exact) mass is 193 g/mol. The molecule has 2 rings (SSSR count). The van der Waals surface area contributed by atoms with Crippen molar-refractivity contribution in [1.82, 2.24) is 4.90 Å². The minimum Gasteiger partial charge on any atom is -0.343 e. The molecule has 0 aromatic carbocycles. The van der Waals surface area contributed by atoms with Crippen molar-refractivity contribution >= 4 is 5.91 Å². The minimum atomic E-state index is 0.243. The summed E-state index contributed by atoms with van der Waals surface area (Å²) < 4.78 is 0. The van der Waals surface area contributed by atoms with Crippen LogP contribution in [0.4, 0.5) is 0 Å². The summed E-state index contributed by atoms with van der Waals surface area (Å²) >= 11 is 0. The van der Waals surface area contributed by atoms with E-state index in [9.17, 15) is 4.79 Å². The highest BCUT2D eigenvalue weighted by Gasteiger charge is 2.32. The molecule has 1 amide bonds. The highest BCUT2D eigenvalue weighted by atomic mass is 16.2. The lowest BCUT2D eigenvalue weighted by molar-refractivity contribution is -0.131. The zero-order valence-electron chi connectivity index (χ0n) is 8.96. The topological polar surface area (TPSA) is 20.3 Å². The third-order valence-corrected chi connectivity index (χ3v) is 3.76. The SMILES string of the molecule is C=C1CCC2CN(C(C)=O)CCC2C1. The number of allylic oxidation sites excluding steroid dienone is 1. The third kappa shape index (κ3) is 1.84. The van der Waals surface area contributed by atoms with Crippen LogP contribution in [-0.2, 0) is 4.79 Å². The molecule has 1 saturated heterocycles. The van der Waals surface area contributed by atoms with Gasteiger partial charge in [-0.1, -0.05) is 12.2 Å². The fourth-order valence-electron chi connectivity index (χ4n) is 2.82. The van der Waals surface area contributed by atoms with Crippen LogP contribution in [-0.4, -0.2) is 23.9 Å². The molecule has 0 bridgehead atoms. The molecule has 78 valence electrons. The Hall–Kier alpha value is -0.790. The molecule has 0 aromatic rings. The Morgan fingerprint density at radius 3 is 2.93 bits per heavy atom. The molecule has 1 aliphatic heterocycles. The molecule has 2 fully saturated rings. The standard InChI is InChI=1S/C12H19NO/c1-9-3-4-12-8-13(10(2)14)6-5-11(12)7-9/h11-12H,1,3-8H2,2H3. The van der Waals surface area contributed by atoms with Crippen LogP contribution in [0.2, 0.25) is 0 Å². The number of nitrogens with zero attached hydrogens (tertiary/aromatic N) is 1. The van der Waals surface area contributed by atoms with Gasteiger partial charge >= 0.3 is 0 Å². The van der Waals surface area contributed by atoms with Gasteiger partial charge in [-0.15, -0.1) is 0 Å². The predicted molar refractivity (Wildman–Crippen MR) is 56.8 cm³/mol. The molecule has 2 unspecified atom stereocenters. The Morgan fingerprint density at radius 2 is 2.21 bits per heavy atom. The van der Waals surface area contributed by atoms with Crippen molar-refractivity contribution in [1.29, 1.82) is 0 Å². The number of carbonyl (C=O) groups is 1. The van der Waals surface area contributed by atoms with E-state index in [1.165, 1.54) is 31.3 Å². The molecule has 1 heterocycles. The smallest absolute Gasteiger partial charge is 0.219 e. The number of hydrogen-bond donors (Lipinski definition) is 0.